The van der Waals surface area contributed by atoms with E-state index in [-0.39, 0.29) is 18.4 Å². The van der Waals surface area contributed by atoms with Gasteiger partial charge in [-0.1, -0.05) is 15.9 Å². The highest BCUT2D eigenvalue weighted by atomic mass is 79.9. The van der Waals surface area contributed by atoms with Crippen molar-refractivity contribution in [3.8, 4) is 5.75 Å². The van der Waals surface area contributed by atoms with Crippen molar-refractivity contribution in [1.29, 1.82) is 0 Å². The summed E-state index contributed by atoms with van der Waals surface area (Å²) in [6.07, 6.45) is 0.882. The van der Waals surface area contributed by atoms with Crippen molar-refractivity contribution in [2.45, 2.75) is 25.9 Å². The molecule has 0 saturated carbocycles. The van der Waals surface area contributed by atoms with Crippen molar-refractivity contribution >= 4 is 27.7 Å². The van der Waals surface area contributed by atoms with E-state index in [9.17, 15) is 9.59 Å². The van der Waals surface area contributed by atoms with Crippen LogP contribution in [0.25, 0.3) is 0 Å². The average molecular weight is 339 g/mol. The number of amides is 2. The van der Waals surface area contributed by atoms with Gasteiger partial charge in [-0.05, 0) is 24.6 Å². The molecule has 20 heavy (non-hydrogen) atoms. The standard InChI is InChI=1S/C14H15BrN2O3/c1-8-14(19)17(7-12(18)16-8)6-10-5-11(15)4-9-2-3-20-13(9)10/h4-5,8H,2-3,6-7H2,1H3,(H,16,18). The van der Waals surface area contributed by atoms with E-state index < -0.39 is 6.04 Å². The lowest BCUT2D eigenvalue weighted by Gasteiger charge is -2.31. The summed E-state index contributed by atoms with van der Waals surface area (Å²) in [5, 5.41) is 2.64. The first-order valence-electron chi connectivity index (χ1n) is 6.57. The van der Waals surface area contributed by atoms with Gasteiger partial charge < -0.3 is 15.0 Å². The second kappa shape index (κ2) is 5.09. The van der Waals surface area contributed by atoms with Crippen molar-refractivity contribution in [2.75, 3.05) is 13.2 Å². The molecule has 1 aromatic carbocycles. The number of hydrogen-bond donors (Lipinski definition) is 1. The Morgan fingerprint density at radius 1 is 1.45 bits per heavy atom. The molecule has 3 rings (SSSR count). The summed E-state index contributed by atoms with van der Waals surface area (Å²) >= 11 is 3.48. The van der Waals surface area contributed by atoms with Crippen LogP contribution in [0, 0.1) is 0 Å². The molecule has 0 spiro atoms. The van der Waals surface area contributed by atoms with Crippen LogP contribution in [0.4, 0.5) is 0 Å². The second-order valence-corrected chi connectivity index (χ2v) is 6.05. The number of halogens is 1. The first kappa shape index (κ1) is 13.4. The summed E-state index contributed by atoms with van der Waals surface area (Å²) in [6, 6.07) is 3.53. The molecule has 0 radical (unpaired) electrons. The van der Waals surface area contributed by atoms with Crippen LogP contribution >= 0.6 is 15.9 Å². The number of carbonyl (C=O) groups is 2. The van der Waals surface area contributed by atoms with Crippen molar-refractivity contribution in [3.63, 3.8) is 0 Å². The van der Waals surface area contributed by atoms with Gasteiger partial charge in [0.05, 0.1) is 13.2 Å². The van der Waals surface area contributed by atoms with E-state index >= 15 is 0 Å². The first-order chi connectivity index (χ1) is 9.54. The number of nitrogens with zero attached hydrogens (tertiary/aromatic N) is 1. The monoisotopic (exact) mass is 338 g/mol. The normalized spacial score (nSPS) is 21.5. The van der Waals surface area contributed by atoms with Gasteiger partial charge in [0.15, 0.2) is 0 Å². The number of hydrogen-bond acceptors (Lipinski definition) is 3. The fourth-order valence-corrected chi connectivity index (χ4v) is 3.23. The SMILES string of the molecule is CC1NC(=O)CN(Cc2cc(Br)cc3c2OCC3)C1=O. The summed E-state index contributed by atoms with van der Waals surface area (Å²) in [7, 11) is 0. The lowest BCUT2D eigenvalue weighted by atomic mass is 10.1. The van der Waals surface area contributed by atoms with Crippen molar-refractivity contribution in [3.05, 3.63) is 27.7 Å². The van der Waals surface area contributed by atoms with Crippen LogP contribution in [0.5, 0.6) is 5.75 Å². The molecule has 2 amide bonds. The largest absolute Gasteiger partial charge is 0.493 e. The fraction of sp³-hybridized carbons (Fsp3) is 0.429. The van der Waals surface area contributed by atoms with Crippen LogP contribution < -0.4 is 10.1 Å². The van der Waals surface area contributed by atoms with Crippen LogP contribution in [0.15, 0.2) is 16.6 Å². The molecular weight excluding hydrogens is 324 g/mol. The number of ether oxygens (including phenoxy) is 1. The predicted molar refractivity (Wildman–Crippen MR) is 76.4 cm³/mol. The quantitative estimate of drug-likeness (QED) is 0.882. The number of piperazine rings is 1. The number of carbonyl (C=O) groups excluding carboxylic acids is 2. The summed E-state index contributed by atoms with van der Waals surface area (Å²) in [5.41, 5.74) is 2.10. The molecule has 6 heteroatoms. The van der Waals surface area contributed by atoms with Crippen molar-refractivity contribution < 1.29 is 14.3 Å². The Hall–Kier alpha value is -1.56. The topological polar surface area (TPSA) is 58.6 Å². The Morgan fingerprint density at radius 3 is 3.05 bits per heavy atom. The van der Waals surface area contributed by atoms with Crippen LogP contribution in [-0.2, 0) is 22.6 Å². The Kier molecular flexibility index (Phi) is 3.41. The van der Waals surface area contributed by atoms with E-state index in [0.717, 1.165) is 27.8 Å². The summed E-state index contributed by atoms with van der Waals surface area (Å²) in [6.45, 7) is 2.88. The summed E-state index contributed by atoms with van der Waals surface area (Å²) < 4.78 is 6.63. The Balaban J connectivity index is 1.88. The molecule has 1 saturated heterocycles. The molecule has 1 fully saturated rings. The van der Waals surface area contributed by atoms with E-state index in [2.05, 4.69) is 21.2 Å². The van der Waals surface area contributed by atoms with Gasteiger partial charge in [0.25, 0.3) is 0 Å². The molecule has 1 unspecified atom stereocenters. The van der Waals surface area contributed by atoms with Gasteiger partial charge >= 0.3 is 0 Å². The van der Waals surface area contributed by atoms with E-state index in [0.29, 0.717) is 13.2 Å². The van der Waals surface area contributed by atoms with Gasteiger partial charge in [-0.15, -0.1) is 0 Å². The highest BCUT2D eigenvalue weighted by Crippen LogP contribution is 2.33. The van der Waals surface area contributed by atoms with Gasteiger partial charge in [-0.2, -0.15) is 0 Å². The third-order valence-electron chi connectivity index (χ3n) is 3.58. The van der Waals surface area contributed by atoms with Crippen LogP contribution in [0.1, 0.15) is 18.1 Å². The highest BCUT2D eigenvalue weighted by molar-refractivity contribution is 9.10. The molecule has 2 aliphatic rings. The number of rotatable bonds is 2. The van der Waals surface area contributed by atoms with Crippen LogP contribution in [-0.4, -0.2) is 35.9 Å². The van der Waals surface area contributed by atoms with E-state index in [1.165, 1.54) is 0 Å². The zero-order valence-electron chi connectivity index (χ0n) is 11.1. The molecule has 2 heterocycles. The molecule has 0 aromatic heterocycles. The minimum atomic E-state index is -0.461. The Bertz CT molecular complexity index is 588. The fourth-order valence-electron chi connectivity index (χ4n) is 2.68. The maximum atomic E-state index is 12.1. The van der Waals surface area contributed by atoms with Gasteiger partial charge in [-0.25, -0.2) is 0 Å². The number of benzene rings is 1. The van der Waals surface area contributed by atoms with Crippen molar-refractivity contribution in [2.24, 2.45) is 0 Å². The lowest BCUT2D eigenvalue weighted by molar-refractivity contribution is -0.144. The zero-order chi connectivity index (χ0) is 14.3. The highest BCUT2D eigenvalue weighted by Gasteiger charge is 2.30. The van der Waals surface area contributed by atoms with Crippen LogP contribution in [0.3, 0.4) is 0 Å². The molecule has 1 aromatic rings. The molecule has 1 atom stereocenters. The van der Waals surface area contributed by atoms with E-state index in [1.807, 2.05) is 12.1 Å². The molecule has 106 valence electrons. The molecule has 0 aliphatic carbocycles. The van der Waals surface area contributed by atoms with Gasteiger partial charge in [0.2, 0.25) is 11.8 Å². The molecule has 2 aliphatic heterocycles. The zero-order valence-corrected chi connectivity index (χ0v) is 12.7. The third-order valence-corrected chi connectivity index (χ3v) is 4.04. The van der Waals surface area contributed by atoms with Gasteiger partial charge in [-0.3, -0.25) is 9.59 Å². The van der Waals surface area contributed by atoms with Gasteiger partial charge in [0.1, 0.15) is 11.8 Å². The Morgan fingerprint density at radius 2 is 2.25 bits per heavy atom. The maximum absolute atomic E-state index is 12.1. The first-order valence-corrected chi connectivity index (χ1v) is 7.36. The predicted octanol–water partition coefficient (Wildman–Crippen LogP) is 1.23. The van der Waals surface area contributed by atoms with Crippen molar-refractivity contribution in [1.82, 2.24) is 10.2 Å². The minimum absolute atomic E-state index is 0.0590. The lowest BCUT2D eigenvalue weighted by Crippen LogP contribution is -2.56. The molecular formula is C14H15BrN2O3. The number of fused-ring (bicyclic) bond motifs is 1. The minimum Gasteiger partial charge on any atom is -0.493 e. The van der Waals surface area contributed by atoms with Crippen LogP contribution in [0.2, 0.25) is 0 Å². The summed E-state index contributed by atoms with van der Waals surface area (Å²) in [5.74, 6) is 0.681. The molecule has 0 bridgehead atoms. The van der Waals surface area contributed by atoms with E-state index in [1.54, 1.807) is 11.8 Å². The molecule has 5 nitrogen and oxygen atoms in total. The number of nitrogens with one attached hydrogen (secondary N) is 1. The maximum Gasteiger partial charge on any atom is 0.245 e. The smallest absolute Gasteiger partial charge is 0.245 e. The second-order valence-electron chi connectivity index (χ2n) is 5.14. The van der Waals surface area contributed by atoms with E-state index in [4.69, 9.17) is 4.74 Å². The van der Waals surface area contributed by atoms with Gasteiger partial charge in [0, 0.05) is 23.0 Å². The summed E-state index contributed by atoms with van der Waals surface area (Å²) in [4.78, 5) is 25.3. The Labute approximate surface area is 125 Å². The third kappa shape index (κ3) is 2.40. The molecule has 1 N–H and O–H groups in total. The average Bonchev–Trinajstić information content (AvgIpc) is 2.83.